The first kappa shape index (κ1) is 15.4. The third-order valence-electron chi connectivity index (χ3n) is 3.31. The molecule has 0 amide bonds. The first-order valence-corrected chi connectivity index (χ1v) is 8.60. The van der Waals surface area contributed by atoms with Crippen LogP contribution in [0.15, 0.2) is 9.72 Å². The average molecular weight is 320 g/mol. The van der Waals surface area contributed by atoms with E-state index in [4.69, 9.17) is 5.11 Å². The quantitative estimate of drug-likeness (QED) is 0.848. The molecule has 0 spiro atoms. The molecule has 1 unspecified atom stereocenters. The minimum atomic E-state index is -3.93. The van der Waals surface area contributed by atoms with Gasteiger partial charge < -0.3 is 10.2 Å². The Kier molecular flexibility index (Phi) is 4.74. The van der Waals surface area contributed by atoms with Gasteiger partial charge in [-0.05, 0) is 12.8 Å². The minimum absolute atomic E-state index is 0.259. The summed E-state index contributed by atoms with van der Waals surface area (Å²) >= 11 is 0.795. The lowest BCUT2D eigenvalue weighted by Gasteiger charge is -2.27. The Morgan fingerprint density at radius 3 is 2.85 bits per heavy atom. The zero-order chi connectivity index (χ0) is 14.8. The molecule has 0 saturated carbocycles. The number of nitrogens with zero attached hydrogens (tertiary/aromatic N) is 2. The maximum Gasteiger partial charge on any atom is 0.356 e. The Labute approximate surface area is 120 Å². The Hall–Kier alpha value is -1.03. The van der Waals surface area contributed by atoms with Crippen molar-refractivity contribution < 1.29 is 23.4 Å². The second kappa shape index (κ2) is 6.17. The third-order valence-corrected chi connectivity index (χ3v) is 6.61. The summed E-state index contributed by atoms with van der Waals surface area (Å²) in [6.07, 6.45) is 3.04. The van der Waals surface area contributed by atoms with Crippen LogP contribution in [0.2, 0.25) is 0 Å². The molecule has 0 radical (unpaired) electrons. The summed E-state index contributed by atoms with van der Waals surface area (Å²) in [6.45, 7) is 0.0327. The van der Waals surface area contributed by atoms with Gasteiger partial charge in [0.2, 0.25) is 0 Å². The second-order valence-electron chi connectivity index (χ2n) is 4.60. The molecule has 1 atom stereocenters. The summed E-state index contributed by atoms with van der Waals surface area (Å²) < 4.78 is 26.2. The number of aliphatic hydroxyl groups is 1. The van der Waals surface area contributed by atoms with Gasteiger partial charge in [-0.15, -0.1) is 11.3 Å². The molecule has 2 rings (SSSR count). The van der Waals surface area contributed by atoms with E-state index in [2.05, 4.69) is 4.98 Å². The lowest BCUT2D eigenvalue weighted by molar-refractivity contribution is 0.0687. The minimum Gasteiger partial charge on any atom is -0.476 e. The molecule has 112 valence electrons. The number of aliphatic hydroxyl groups excluding tert-OH is 1. The monoisotopic (exact) mass is 320 g/mol. The van der Waals surface area contributed by atoms with E-state index in [9.17, 15) is 18.3 Å². The highest BCUT2D eigenvalue weighted by Crippen LogP contribution is 2.29. The zero-order valence-corrected chi connectivity index (χ0v) is 12.4. The van der Waals surface area contributed by atoms with Crippen molar-refractivity contribution in [2.45, 2.75) is 35.9 Å². The number of aromatic nitrogens is 1. The van der Waals surface area contributed by atoms with Crippen molar-refractivity contribution in [1.29, 1.82) is 0 Å². The van der Waals surface area contributed by atoms with Crippen LogP contribution in [0, 0.1) is 0 Å². The van der Waals surface area contributed by atoms with Crippen molar-refractivity contribution in [3.8, 4) is 0 Å². The molecule has 7 nitrogen and oxygen atoms in total. The van der Waals surface area contributed by atoms with Gasteiger partial charge in [-0.2, -0.15) is 4.31 Å². The van der Waals surface area contributed by atoms with Gasteiger partial charge in [0.05, 0.1) is 12.1 Å². The van der Waals surface area contributed by atoms with E-state index in [-0.39, 0.29) is 10.8 Å². The van der Waals surface area contributed by atoms with E-state index in [0.29, 0.717) is 19.4 Å². The molecule has 1 saturated heterocycles. The van der Waals surface area contributed by atoms with Crippen molar-refractivity contribution in [2.75, 3.05) is 13.2 Å². The SMILES string of the molecule is O=C(O)c1ncsc1S(=O)(=O)N1CCCCCC1CO. The van der Waals surface area contributed by atoms with Crippen LogP contribution < -0.4 is 0 Å². The number of aromatic carboxylic acids is 1. The van der Waals surface area contributed by atoms with Crippen LogP contribution in [0.25, 0.3) is 0 Å². The lowest BCUT2D eigenvalue weighted by Crippen LogP contribution is -2.42. The summed E-state index contributed by atoms with van der Waals surface area (Å²) in [4.78, 5) is 14.6. The fourth-order valence-electron chi connectivity index (χ4n) is 2.32. The van der Waals surface area contributed by atoms with E-state index < -0.39 is 27.7 Å². The summed E-state index contributed by atoms with van der Waals surface area (Å²) in [7, 11) is -3.93. The van der Waals surface area contributed by atoms with E-state index in [1.165, 1.54) is 9.82 Å². The van der Waals surface area contributed by atoms with Crippen LogP contribution >= 0.6 is 11.3 Å². The molecule has 0 bridgehead atoms. The van der Waals surface area contributed by atoms with Crippen LogP contribution in [-0.2, 0) is 10.0 Å². The van der Waals surface area contributed by atoms with E-state index in [1.807, 2.05) is 0 Å². The molecule has 2 heterocycles. The number of carboxylic acids is 1. The molecule has 1 aliphatic heterocycles. The first-order valence-electron chi connectivity index (χ1n) is 6.28. The van der Waals surface area contributed by atoms with Crippen LogP contribution in [0.3, 0.4) is 0 Å². The number of hydrogen-bond donors (Lipinski definition) is 2. The van der Waals surface area contributed by atoms with Gasteiger partial charge in [-0.1, -0.05) is 12.8 Å². The highest BCUT2D eigenvalue weighted by molar-refractivity contribution is 7.91. The smallest absolute Gasteiger partial charge is 0.356 e. The molecule has 0 aliphatic carbocycles. The summed E-state index contributed by atoms with van der Waals surface area (Å²) in [5.74, 6) is -1.36. The lowest BCUT2D eigenvalue weighted by atomic mass is 10.1. The van der Waals surface area contributed by atoms with Gasteiger partial charge in [0, 0.05) is 12.6 Å². The first-order chi connectivity index (χ1) is 9.48. The molecular formula is C11H16N2O5S2. The maximum atomic E-state index is 12.6. The van der Waals surface area contributed by atoms with Gasteiger partial charge in [0.25, 0.3) is 10.0 Å². The fourth-order valence-corrected chi connectivity index (χ4v) is 5.26. The van der Waals surface area contributed by atoms with Crippen molar-refractivity contribution in [3.05, 3.63) is 11.2 Å². The van der Waals surface area contributed by atoms with Crippen LogP contribution in [-0.4, -0.2) is 53.1 Å². The van der Waals surface area contributed by atoms with Crippen molar-refractivity contribution in [3.63, 3.8) is 0 Å². The van der Waals surface area contributed by atoms with Crippen LogP contribution in [0.4, 0.5) is 0 Å². The molecule has 1 aliphatic rings. The molecule has 1 aromatic heterocycles. The highest BCUT2D eigenvalue weighted by Gasteiger charge is 2.36. The van der Waals surface area contributed by atoms with Gasteiger partial charge in [-0.3, -0.25) is 0 Å². The third kappa shape index (κ3) is 2.85. The molecule has 0 aromatic carbocycles. The van der Waals surface area contributed by atoms with E-state index in [1.54, 1.807) is 0 Å². The second-order valence-corrected chi connectivity index (χ2v) is 7.54. The predicted molar refractivity (Wildman–Crippen MR) is 72.3 cm³/mol. The number of thiazole rings is 1. The van der Waals surface area contributed by atoms with E-state index >= 15 is 0 Å². The van der Waals surface area contributed by atoms with Gasteiger partial charge in [0.1, 0.15) is 0 Å². The number of rotatable bonds is 4. The number of carbonyl (C=O) groups is 1. The van der Waals surface area contributed by atoms with Gasteiger partial charge in [0.15, 0.2) is 9.90 Å². The molecule has 1 fully saturated rings. The van der Waals surface area contributed by atoms with Crippen molar-refractivity contribution >= 4 is 27.3 Å². The number of carboxylic acid groups (broad SMARTS) is 1. The average Bonchev–Trinajstić information content (AvgIpc) is 2.78. The largest absolute Gasteiger partial charge is 0.476 e. The van der Waals surface area contributed by atoms with Gasteiger partial charge in [-0.25, -0.2) is 18.2 Å². The summed E-state index contributed by atoms with van der Waals surface area (Å²) in [6, 6.07) is -0.494. The molecular weight excluding hydrogens is 304 g/mol. The zero-order valence-electron chi connectivity index (χ0n) is 10.7. The topological polar surface area (TPSA) is 108 Å². The fraction of sp³-hybridized carbons (Fsp3) is 0.636. The Morgan fingerprint density at radius 2 is 2.20 bits per heavy atom. The van der Waals surface area contributed by atoms with Crippen LogP contribution in [0.1, 0.15) is 36.2 Å². The Bertz CT molecular complexity index is 583. The molecule has 2 N–H and O–H groups in total. The Morgan fingerprint density at radius 1 is 1.45 bits per heavy atom. The van der Waals surface area contributed by atoms with Crippen LogP contribution in [0.5, 0.6) is 0 Å². The van der Waals surface area contributed by atoms with Crippen molar-refractivity contribution in [2.24, 2.45) is 0 Å². The molecule has 9 heteroatoms. The van der Waals surface area contributed by atoms with Gasteiger partial charge >= 0.3 is 5.97 Å². The predicted octanol–water partition coefficient (Wildman–Crippen LogP) is 0.767. The van der Waals surface area contributed by atoms with Crippen molar-refractivity contribution in [1.82, 2.24) is 9.29 Å². The number of hydrogen-bond acceptors (Lipinski definition) is 6. The normalized spacial score (nSPS) is 21.6. The van der Waals surface area contributed by atoms with E-state index in [0.717, 1.165) is 24.2 Å². The maximum absolute atomic E-state index is 12.6. The standard InChI is InChI=1S/C11H16N2O5S2/c14-6-8-4-2-1-3-5-13(8)20(17,18)11-9(10(15)16)12-7-19-11/h7-8,14H,1-6H2,(H,15,16). The molecule has 1 aromatic rings. The highest BCUT2D eigenvalue weighted by atomic mass is 32.2. The summed E-state index contributed by atoms with van der Waals surface area (Å²) in [5.41, 5.74) is 0.762. The summed E-state index contributed by atoms with van der Waals surface area (Å²) in [5, 5.41) is 18.4. The number of sulfonamides is 1. The molecule has 20 heavy (non-hydrogen) atoms. The Balaban J connectivity index is 2.41.